The molecule has 3 rings (SSSR count). The van der Waals surface area contributed by atoms with Crippen LogP contribution in [0.5, 0.6) is 0 Å². The molecule has 96 valence electrons. The molecule has 1 saturated heterocycles. The molecule has 2 unspecified atom stereocenters. The summed E-state index contributed by atoms with van der Waals surface area (Å²) in [5.74, 6) is 0.381. The Bertz CT molecular complexity index is 568. The number of aromatic nitrogens is 1. The lowest BCUT2D eigenvalue weighted by Gasteiger charge is -2.33. The van der Waals surface area contributed by atoms with Crippen LogP contribution in [0.4, 0.5) is 10.8 Å². The van der Waals surface area contributed by atoms with Crippen molar-refractivity contribution in [2.75, 3.05) is 23.7 Å². The Labute approximate surface area is 110 Å². The van der Waals surface area contributed by atoms with Gasteiger partial charge in [0.15, 0.2) is 5.13 Å². The van der Waals surface area contributed by atoms with E-state index < -0.39 is 0 Å². The quantitative estimate of drug-likeness (QED) is 0.773. The van der Waals surface area contributed by atoms with Crippen LogP contribution in [0.3, 0.4) is 0 Å². The second-order valence-electron chi connectivity index (χ2n) is 5.00. The molecule has 1 aromatic heterocycles. The van der Waals surface area contributed by atoms with E-state index >= 15 is 0 Å². The summed E-state index contributed by atoms with van der Waals surface area (Å²) in [4.78, 5) is 6.79. The molecule has 1 aromatic carbocycles. The molecule has 5 heteroatoms. The summed E-state index contributed by atoms with van der Waals surface area (Å²) in [6, 6.07) is 5.78. The summed E-state index contributed by atoms with van der Waals surface area (Å²) >= 11 is 1.64. The smallest absolute Gasteiger partial charge is 0.186 e. The number of nitrogen functional groups attached to an aromatic ring is 1. The van der Waals surface area contributed by atoms with E-state index in [2.05, 4.69) is 16.8 Å². The van der Waals surface area contributed by atoms with Crippen LogP contribution in [0.2, 0.25) is 0 Å². The third-order valence-electron chi connectivity index (χ3n) is 3.59. The largest absolute Gasteiger partial charge is 0.399 e. The molecule has 4 nitrogen and oxygen atoms in total. The van der Waals surface area contributed by atoms with Crippen molar-refractivity contribution in [2.45, 2.75) is 19.4 Å². The molecule has 1 aliphatic heterocycles. The summed E-state index contributed by atoms with van der Waals surface area (Å²) < 4.78 is 1.11. The summed E-state index contributed by atoms with van der Waals surface area (Å²) in [6.45, 7) is 3.74. The topological polar surface area (TPSA) is 62.4 Å². The monoisotopic (exact) mass is 263 g/mol. The number of benzene rings is 1. The number of piperidine rings is 1. The minimum atomic E-state index is -0.254. The van der Waals surface area contributed by atoms with Crippen molar-refractivity contribution in [3.63, 3.8) is 0 Å². The lowest BCUT2D eigenvalue weighted by molar-refractivity contribution is 0.103. The minimum Gasteiger partial charge on any atom is -0.399 e. The zero-order valence-corrected chi connectivity index (χ0v) is 11.2. The molecule has 2 atom stereocenters. The van der Waals surface area contributed by atoms with Crippen LogP contribution < -0.4 is 10.6 Å². The Hall–Kier alpha value is -1.33. The maximum Gasteiger partial charge on any atom is 0.186 e. The van der Waals surface area contributed by atoms with Gasteiger partial charge in [-0.1, -0.05) is 18.3 Å². The molecule has 3 N–H and O–H groups in total. The highest BCUT2D eigenvalue weighted by Gasteiger charge is 2.26. The van der Waals surface area contributed by atoms with Crippen molar-refractivity contribution in [1.82, 2.24) is 4.98 Å². The average Bonchev–Trinajstić information content (AvgIpc) is 2.75. The third kappa shape index (κ3) is 2.04. The predicted octanol–water partition coefficient (Wildman–Crippen LogP) is 2.09. The molecular formula is C13H17N3OS. The Kier molecular flexibility index (Phi) is 2.87. The molecule has 2 heterocycles. The summed E-state index contributed by atoms with van der Waals surface area (Å²) in [7, 11) is 0. The molecular weight excluding hydrogens is 246 g/mol. The van der Waals surface area contributed by atoms with Crippen molar-refractivity contribution in [1.29, 1.82) is 0 Å². The fourth-order valence-electron chi connectivity index (χ4n) is 2.29. The summed E-state index contributed by atoms with van der Waals surface area (Å²) in [5.41, 5.74) is 7.53. The number of rotatable bonds is 1. The van der Waals surface area contributed by atoms with E-state index in [-0.39, 0.29) is 6.10 Å². The van der Waals surface area contributed by atoms with Crippen molar-refractivity contribution in [3.8, 4) is 0 Å². The van der Waals surface area contributed by atoms with Crippen LogP contribution in [0, 0.1) is 5.92 Å². The molecule has 0 spiro atoms. The molecule has 0 bridgehead atoms. The van der Waals surface area contributed by atoms with E-state index in [9.17, 15) is 5.11 Å². The van der Waals surface area contributed by atoms with Crippen LogP contribution in [0.25, 0.3) is 10.2 Å². The van der Waals surface area contributed by atoms with Gasteiger partial charge >= 0.3 is 0 Å². The van der Waals surface area contributed by atoms with Gasteiger partial charge in [0.05, 0.1) is 16.3 Å². The van der Waals surface area contributed by atoms with E-state index in [0.29, 0.717) is 12.5 Å². The minimum absolute atomic E-state index is 0.254. The third-order valence-corrected chi connectivity index (χ3v) is 4.67. The maximum absolute atomic E-state index is 9.94. The lowest BCUT2D eigenvalue weighted by atomic mass is 9.96. The van der Waals surface area contributed by atoms with E-state index in [1.54, 1.807) is 11.3 Å². The first-order valence-corrected chi connectivity index (χ1v) is 7.04. The SMILES string of the molecule is CC1CCN(c2nc3ccc(N)cc3s2)CC1O. The first-order chi connectivity index (χ1) is 8.63. The first kappa shape index (κ1) is 11.7. The van der Waals surface area contributed by atoms with Crippen LogP contribution in [-0.2, 0) is 0 Å². The average molecular weight is 263 g/mol. The number of nitrogens with zero attached hydrogens (tertiary/aromatic N) is 2. The molecule has 2 aromatic rings. The standard InChI is InChI=1S/C13H17N3OS/c1-8-4-5-16(7-11(8)17)13-15-10-3-2-9(14)6-12(10)18-13/h2-3,6,8,11,17H,4-5,7,14H2,1H3. The van der Waals surface area contributed by atoms with Crippen LogP contribution in [-0.4, -0.2) is 29.3 Å². The first-order valence-electron chi connectivity index (χ1n) is 6.22. The molecule has 1 fully saturated rings. The zero-order valence-electron chi connectivity index (χ0n) is 10.3. The number of fused-ring (bicyclic) bond motifs is 1. The number of β-amino-alcohol motifs (C(OH)–C–C–N with tert-alkyl or cyclic N) is 1. The van der Waals surface area contributed by atoms with E-state index in [1.165, 1.54) is 0 Å². The van der Waals surface area contributed by atoms with E-state index in [4.69, 9.17) is 5.73 Å². The van der Waals surface area contributed by atoms with Gasteiger partial charge in [-0.15, -0.1) is 0 Å². The van der Waals surface area contributed by atoms with Gasteiger partial charge in [0.2, 0.25) is 0 Å². The van der Waals surface area contributed by atoms with Gasteiger partial charge in [-0.3, -0.25) is 0 Å². The Morgan fingerprint density at radius 3 is 3.11 bits per heavy atom. The number of nitrogens with two attached hydrogens (primary N) is 1. The molecule has 0 radical (unpaired) electrons. The number of hydrogen-bond acceptors (Lipinski definition) is 5. The summed E-state index contributed by atoms with van der Waals surface area (Å²) in [6.07, 6.45) is 0.759. The lowest BCUT2D eigenvalue weighted by Crippen LogP contribution is -2.42. The number of thiazole rings is 1. The van der Waals surface area contributed by atoms with Crippen LogP contribution >= 0.6 is 11.3 Å². The van der Waals surface area contributed by atoms with Crippen molar-refractivity contribution in [3.05, 3.63) is 18.2 Å². The van der Waals surface area contributed by atoms with Gasteiger partial charge in [0.1, 0.15) is 0 Å². The highest BCUT2D eigenvalue weighted by molar-refractivity contribution is 7.22. The van der Waals surface area contributed by atoms with Crippen molar-refractivity contribution < 1.29 is 5.11 Å². The van der Waals surface area contributed by atoms with Gasteiger partial charge in [-0.05, 0) is 30.5 Å². The number of aliphatic hydroxyl groups excluding tert-OH is 1. The second kappa shape index (κ2) is 4.40. The van der Waals surface area contributed by atoms with Gasteiger partial charge in [-0.2, -0.15) is 0 Å². The Balaban J connectivity index is 1.90. The van der Waals surface area contributed by atoms with Gasteiger partial charge in [0.25, 0.3) is 0 Å². The molecule has 0 amide bonds. The fraction of sp³-hybridized carbons (Fsp3) is 0.462. The molecule has 0 aliphatic carbocycles. The van der Waals surface area contributed by atoms with Crippen LogP contribution in [0.1, 0.15) is 13.3 Å². The Morgan fingerprint density at radius 1 is 1.50 bits per heavy atom. The predicted molar refractivity (Wildman–Crippen MR) is 76.0 cm³/mol. The molecule has 18 heavy (non-hydrogen) atoms. The number of hydrogen-bond donors (Lipinski definition) is 2. The normalized spacial score (nSPS) is 24.7. The number of aliphatic hydroxyl groups is 1. The highest BCUT2D eigenvalue weighted by Crippen LogP contribution is 2.32. The Morgan fingerprint density at radius 2 is 2.33 bits per heavy atom. The molecule has 1 aliphatic rings. The van der Waals surface area contributed by atoms with Gasteiger partial charge in [0, 0.05) is 18.8 Å². The highest BCUT2D eigenvalue weighted by atomic mass is 32.1. The van der Waals surface area contributed by atoms with Gasteiger partial charge < -0.3 is 15.7 Å². The van der Waals surface area contributed by atoms with Gasteiger partial charge in [-0.25, -0.2) is 4.98 Å². The van der Waals surface area contributed by atoms with Crippen molar-refractivity contribution >= 4 is 32.4 Å². The summed E-state index contributed by atoms with van der Waals surface area (Å²) in [5, 5.41) is 10.9. The fourth-order valence-corrected chi connectivity index (χ4v) is 3.34. The van der Waals surface area contributed by atoms with Crippen molar-refractivity contribution in [2.24, 2.45) is 5.92 Å². The zero-order chi connectivity index (χ0) is 12.7. The maximum atomic E-state index is 9.94. The second-order valence-corrected chi connectivity index (χ2v) is 6.01. The molecule has 0 saturated carbocycles. The van der Waals surface area contributed by atoms with E-state index in [1.807, 2.05) is 18.2 Å². The van der Waals surface area contributed by atoms with Crippen LogP contribution in [0.15, 0.2) is 18.2 Å². The van der Waals surface area contributed by atoms with E-state index in [0.717, 1.165) is 34.0 Å². The number of anilines is 2.